The minimum absolute atomic E-state index is 0.0508. The average Bonchev–Trinajstić information content (AvgIpc) is 2.88. The zero-order chi connectivity index (χ0) is 13.3. The number of hydrogen-bond donors (Lipinski definition) is 1. The van der Waals surface area contributed by atoms with Crippen molar-refractivity contribution < 1.29 is 14.6 Å². The van der Waals surface area contributed by atoms with Crippen molar-refractivity contribution >= 4 is 5.97 Å². The number of hydrogen-bond acceptors (Lipinski definition) is 3. The van der Waals surface area contributed by atoms with Crippen LogP contribution in [0, 0.1) is 11.3 Å². The van der Waals surface area contributed by atoms with Crippen molar-refractivity contribution in [3.8, 4) is 0 Å². The molecule has 1 heterocycles. The topological polar surface area (TPSA) is 49.8 Å². The van der Waals surface area contributed by atoms with Gasteiger partial charge in [0, 0.05) is 12.1 Å². The van der Waals surface area contributed by atoms with E-state index in [2.05, 4.69) is 25.7 Å². The van der Waals surface area contributed by atoms with Crippen LogP contribution in [0.5, 0.6) is 0 Å². The van der Waals surface area contributed by atoms with Gasteiger partial charge in [0.2, 0.25) is 0 Å². The Hall–Kier alpha value is -0.610. The molecule has 0 aromatic carbocycles. The van der Waals surface area contributed by atoms with Crippen LogP contribution in [0.15, 0.2) is 0 Å². The van der Waals surface area contributed by atoms with Crippen molar-refractivity contribution in [2.45, 2.75) is 52.1 Å². The zero-order valence-electron chi connectivity index (χ0n) is 11.7. The van der Waals surface area contributed by atoms with Gasteiger partial charge in [0.05, 0.1) is 19.1 Å². The summed E-state index contributed by atoms with van der Waals surface area (Å²) in [4.78, 5) is 13.7. The highest BCUT2D eigenvalue weighted by Crippen LogP contribution is 2.42. The van der Waals surface area contributed by atoms with Gasteiger partial charge in [0.15, 0.2) is 0 Å². The summed E-state index contributed by atoms with van der Waals surface area (Å²) in [6.45, 7) is 8.58. The second kappa shape index (κ2) is 5.17. The lowest BCUT2D eigenvalue weighted by molar-refractivity contribution is -0.143. The van der Waals surface area contributed by atoms with Gasteiger partial charge in [-0.15, -0.1) is 0 Å². The lowest BCUT2D eigenvalue weighted by atomic mass is 9.84. The van der Waals surface area contributed by atoms with E-state index in [0.29, 0.717) is 24.7 Å². The van der Waals surface area contributed by atoms with Gasteiger partial charge in [0.25, 0.3) is 0 Å². The van der Waals surface area contributed by atoms with Crippen LogP contribution in [0.2, 0.25) is 0 Å². The summed E-state index contributed by atoms with van der Waals surface area (Å²) in [6, 6.07) is 0.547. The normalized spacial score (nSPS) is 35.2. The summed E-state index contributed by atoms with van der Waals surface area (Å²) < 4.78 is 5.42. The van der Waals surface area contributed by atoms with E-state index < -0.39 is 5.97 Å². The maximum Gasteiger partial charge on any atom is 0.310 e. The molecule has 4 nitrogen and oxygen atoms in total. The molecule has 4 heteroatoms. The van der Waals surface area contributed by atoms with Crippen molar-refractivity contribution in [3.05, 3.63) is 0 Å². The van der Waals surface area contributed by atoms with E-state index in [4.69, 9.17) is 4.74 Å². The highest BCUT2D eigenvalue weighted by Gasteiger charge is 2.45. The second-order valence-electron chi connectivity index (χ2n) is 6.28. The highest BCUT2D eigenvalue weighted by molar-refractivity contribution is 5.71. The predicted octanol–water partition coefficient (Wildman–Crippen LogP) is 1.99. The summed E-state index contributed by atoms with van der Waals surface area (Å²) in [7, 11) is 0. The van der Waals surface area contributed by atoms with Gasteiger partial charge in [-0.2, -0.15) is 0 Å². The van der Waals surface area contributed by atoms with Gasteiger partial charge in [-0.1, -0.05) is 27.2 Å². The van der Waals surface area contributed by atoms with Crippen molar-refractivity contribution in [3.63, 3.8) is 0 Å². The van der Waals surface area contributed by atoms with E-state index in [0.717, 1.165) is 6.54 Å². The molecule has 2 fully saturated rings. The molecule has 104 valence electrons. The Bertz CT molecular complexity index is 316. The fourth-order valence-electron chi connectivity index (χ4n) is 3.71. The quantitative estimate of drug-likeness (QED) is 0.834. The molecule has 3 atom stereocenters. The summed E-state index contributed by atoms with van der Waals surface area (Å²) in [5.41, 5.74) is 0.293. The van der Waals surface area contributed by atoms with Crippen LogP contribution in [-0.4, -0.2) is 47.8 Å². The standard InChI is InChI=1S/C14H25NO3/c1-4-15(12-6-5-7-14(12,2)3)11-9-18-8-10(11)13(16)17/h10-12H,4-9H2,1-3H3,(H,16,17). The molecule has 2 rings (SSSR count). The monoisotopic (exact) mass is 255 g/mol. The molecule has 0 spiro atoms. The fourth-order valence-corrected chi connectivity index (χ4v) is 3.71. The number of likely N-dealkylation sites (N-methyl/N-ethyl adjacent to an activating group) is 1. The summed E-state index contributed by atoms with van der Waals surface area (Å²) in [6.07, 6.45) is 3.67. The van der Waals surface area contributed by atoms with Crippen LogP contribution < -0.4 is 0 Å². The zero-order valence-corrected chi connectivity index (χ0v) is 11.7. The minimum Gasteiger partial charge on any atom is -0.481 e. The van der Waals surface area contributed by atoms with E-state index in [1.54, 1.807) is 0 Å². The Morgan fingerprint density at radius 2 is 2.17 bits per heavy atom. The smallest absolute Gasteiger partial charge is 0.310 e. The summed E-state index contributed by atoms with van der Waals surface area (Å²) in [5, 5.41) is 9.29. The largest absolute Gasteiger partial charge is 0.481 e. The Labute approximate surface area is 109 Å². The molecule has 2 aliphatic rings. The Balaban J connectivity index is 2.15. The van der Waals surface area contributed by atoms with Gasteiger partial charge < -0.3 is 9.84 Å². The Morgan fingerprint density at radius 3 is 2.67 bits per heavy atom. The maximum absolute atomic E-state index is 11.3. The van der Waals surface area contributed by atoms with Crippen LogP contribution in [0.4, 0.5) is 0 Å². The molecule has 0 aromatic rings. The first kappa shape index (κ1) is 13.8. The van der Waals surface area contributed by atoms with Crippen LogP contribution >= 0.6 is 0 Å². The fraction of sp³-hybridized carbons (Fsp3) is 0.929. The van der Waals surface area contributed by atoms with E-state index >= 15 is 0 Å². The SMILES string of the molecule is CCN(C1COCC1C(=O)O)C1CCCC1(C)C. The molecule has 1 N–H and O–H groups in total. The number of rotatable bonds is 4. The van der Waals surface area contributed by atoms with E-state index in [1.165, 1.54) is 19.3 Å². The number of carboxylic acid groups (broad SMARTS) is 1. The lowest BCUT2D eigenvalue weighted by Crippen LogP contribution is -2.51. The third-order valence-electron chi connectivity index (χ3n) is 4.76. The van der Waals surface area contributed by atoms with E-state index in [1.807, 2.05) is 0 Å². The van der Waals surface area contributed by atoms with Crippen molar-refractivity contribution in [2.24, 2.45) is 11.3 Å². The molecule has 0 amide bonds. The molecule has 3 unspecified atom stereocenters. The van der Waals surface area contributed by atoms with Crippen LogP contribution in [-0.2, 0) is 9.53 Å². The molecule has 1 saturated heterocycles. The number of carbonyl (C=O) groups is 1. The van der Waals surface area contributed by atoms with Gasteiger partial charge in [-0.05, 0) is 24.8 Å². The highest BCUT2D eigenvalue weighted by atomic mass is 16.5. The number of nitrogens with zero attached hydrogens (tertiary/aromatic N) is 1. The number of aliphatic carboxylic acids is 1. The molecule has 0 bridgehead atoms. The van der Waals surface area contributed by atoms with Crippen LogP contribution in [0.25, 0.3) is 0 Å². The van der Waals surface area contributed by atoms with Gasteiger partial charge in [-0.25, -0.2) is 0 Å². The summed E-state index contributed by atoms with van der Waals surface area (Å²) in [5.74, 6) is -1.08. The van der Waals surface area contributed by atoms with Crippen molar-refractivity contribution in [1.82, 2.24) is 4.90 Å². The van der Waals surface area contributed by atoms with Gasteiger partial charge >= 0.3 is 5.97 Å². The Kier molecular flexibility index (Phi) is 3.97. The van der Waals surface area contributed by atoms with Crippen molar-refractivity contribution in [1.29, 1.82) is 0 Å². The third-order valence-corrected chi connectivity index (χ3v) is 4.76. The van der Waals surface area contributed by atoms with Crippen molar-refractivity contribution in [2.75, 3.05) is 19.8 Å². The molecule has 18 heavy (non-hydrogen) atoms. The minimum atomic E-state index is -0.716. The first-order valence-corrected chi connectivity index (χ1v) is 7.03. The van der Waals surface area contributed by atoms with Gasteiger partial charge in [-0.3, -0.25) is 9.69 Å². The lowest BCUT2D eigenvalue weighted by Gasteiger charge is -2.41. The number of ether oxygens (including phenoxy) is 1. The number of carboxylic acids is 1. The molecular weight excluding hydrogens is 230 g/mol. The van der Waals surface area contributed by atoms with Gasteiger partial charge in [0.1, 0.15) is 0 Å². The maximum atomic E-state index is 11.3. The predicted molar refractivity (Wildman–Crippen MR) is 69.5 cm³/mol. The third kappa shape index (κ3) is 2.41. The first-order chi connectivity index (χ1) is 8.47. The molecule has 1 saturated carbocycles. The Morgan fingerprint density at radius 1 is 1.44 bits per heavy atom. The van der Waals surface area contributed by atoms with E-state index in [9.17, 15) is 9.90 Å². The molecule has 0 aromatic heterocycles. The van der Waals surface area contributed by atoms with Crippen LogP contribution in [0.1, 0.15) is 40.0 Å². The molecule has 0 radical (unpaired) electrons. The van der Waals surface area contributed by atoms with Crippen LogP contribution in [0.3, 0.4) is 0 Å². The molecule has 1 aliphatic heterocycles. The average molecular weight is 255 g/mol. The first-order valence-electron chi connectivity index (χ1n) is 7.03. The van der Waals surface area contributed by atoms with E-state index in [-0.39, 0.29) is 12.0 Å². The molecular formula is C14H25NO3. The molecule has 1 aliphatic carbocycles. The second-order valence-corrected chi connectivity index (χ2v) is 6.28. The summed E-state index contributed by atoms with van der Waals surface area (Å²) >= 11 is 0.